The minimum absolute atomic E-state index is 0.416. The van der Waals surface area contributed by atoms with Gasteiger partial charge < -0.3 is 5.73 Å². The number of hydrogen-bond acceptors (Lipinski definition) is 2. The monoisotopic (exact) mass is 224 g/mol. The molecule has 0 aromatic rings. The standard InChI is InChI=1S/C14H28N2/c1-13(2)7-6-10-16(13)12-14(11-15)8-4-3-5-9-14/h3-12,15H2,1-2H3. The summed E-state index contributed by atoms with van der Waals surface area (Å²) in [4.78, 5) is 2.70. The van der Waals surface area contributed by atoms with Crippen LogP contribution in [-0.4, -0.2) is 30.1 Å². The Morgan fingerprint density at radius 3 is 2.19 bits per heavy atom. The third kappa shape index (κ3) is 2.43. The first-order valence-corrected chi connectivity index (χ1v) is 7.03. The van der Waals surface area contributed by atoms with E-state index in [4.69, 9.17) is 5.73 Å². The van der Waals surface area contributed by atoms with Gasteiger partial charge >= 0.3 is 0 Å². The molecule has 2 aliphatic rings. The highest BCUT2D eigenvalue weighted by Gasteiger charge is 2.39. The van der Waals surface area contributed by atoms with E-state index in [0.717, 1.165) is 6.54 Å². The molecular weight excluding hydrogens is 196 g/mol. The van der Waals surface area contributed by atoms with Crippen LogP contribution in [0.25, 0.3) is 0 Å². The zero-order chi connectivity index (χ0) is 11.6. The molecule has 94 valence electrons. The summed E-state index contributed by atoms with van der Waals surface area (Å²) in [6.45, 7) is 8.21. The average Bonchev–Trinajstić information content (AvgIpc) is 2.60. The first-order valence-electron chi connectivity index (χ1n) is 7.03. The Morgan fingerprint density at radius 2 is 1.69 bits per heavy atom. The van der Waals surface area contributed by atoms with Gasteiger partial charge in [-0.3, -0.25) is 4.90 Å². The van der Waals surface area contributed by atoms with Gasteiger partial charge in [-0.05, 0) is 58.0 Å². The molecule has 2 rings (SSSR count). The van der Waals surface area contributed by atoms with Crippen molar-refractivity contribution in [1.82, 2.24) is 4.90 Å². The fraction of sp³-hybridized carbons (Fsp3) is 1.00. The highest BCUT2D eigenvalue weighted by atomic mass is 15.2. The lowest BCUT2D eigenvalue weighted by Crippen LogP contribution is -2.49. The highest BCUT2D eigenvalue weighted by Crippen LogP contribution is 2.39. The van der Waals surface area contributed by atoms with E-state index in [-0.39, 0.29) is 0 Å². The van der Waals surface area contributed by atoms with Crippen LogP contribution >= 0.6 is 0 Å². The first kappa shape index (κ1) is 12.4. The summed E-state index contributed by atoms with van der Waals surface area (Å²) in [5.41, 5.74) is 6.94. The Morgan fingerprint density at radius 1 is 1.00 bits per heavy atom. The molecule has 2 nitrogen and oxygen atoms in total. The largest absolute Gasteiger partial charge is 0.330 e. The normalized spacial score (nSPS) is 29.4. The lowest BCUT2D eigenvalue weighted by molar-refractivity contribution is 0.0716. The third-order valence-corrected chi connectivity index (χ3v) is 4.95. The summed E-state index contributed by atoms with van der Waals surface area (Å²) in [5.74, 6) is 0. The molecule has 16 heavy (non-hydrogen) atoms. The fourth-order valence-electron chi connectivity index (χ4n) is 3.59. The predicted octanol–water partition coefficient (Wildman–Crippen LogP) is 2.77. The van der Waals surface area contributed by atoms with Gasteiger partial charge in [-0.25, -0.2) is 0 Å². The van der Waals surface area contributed by atoms with Crippen molar-refractivity contribution in [3.05, 3.63) is 0 Å². The van der Waals surface area contributed by atoms with Crippen LogP contribution in [0, 0.1) is 5.41 Å². The predicted molar refractivity (Wildman–Crippen MR) is 69.5 cm³/mol. The maximum absolute atomic E-state index is 6.08. The number of likely N-dealkylation sites (tertiary alicyclic amines) is 1. The summed E-state index contributed by atoms with van der Waals surface area (Å²) >= 11 is 0. The molecule has 0 amide bonds. The Kier molecular flexibility index (Phi) is 3.60. The summed E-state index contributed by atoms with van der Waals surface area (Å²) in [6.07, 6.45) is 9.65. The van der Waals surface area contributed by atoms with Crippen LogP contribution in [0.4, 0.5) is 0 Å². The van der Waals surface area contributed by atoms with E-state index in [1.54, 1.807) is 0 Å². The van der Waals surface area contributed by atoms with Crippen LogP contribution < -0.4 is 5.73 Å². The average molecular weight is 224 g/mol. The summed E-state index contributed by atoms with van der Waals surface area (Å²) in [5, 5.41) is 0. The lowest BCUT2D eigenvalue weighted by atomic mass is 9.73. The first-order chi connectivity index (χ1) is 7.58. The van der Waals surface area contributed by atoms with Gasteiger partial charge in [-0.2, -0.15) is 0 Å². The molecule has 1 aliphatic carbocycles. The van der Waals surface area contributed by atoms with Gasteiger partial charge in [0.05, 0.1) is 0 Å². The van der Waals surface area contributed by atoms with E-state index in [2.05, 4.69) is 18.7 Å². The zero-order valence-electron chi connectivity index (χ0n) is 11.1. The van der Waals surface area contributed by atoms with Crippen molar-refractivity contribution in [2.45, 2.75) is 64.3 Å². The second kappa shape index (κ2) is 4.66. The molecule has 2 fully saturated rings. The maximum atomic E-state index is 6.08. The molecule has 0 radical (unpaired) electrons. The number of nitrogens with zero attached hydrogens (tertiary/aromatic N) is 1. The third-order valence-electron chi connectivity index (χ3n) is 4.95. The van der Waals surface area contributed by atoms with Crippen molar-refractivity contribution in [2.24, 2.45) is 11.1 Å². The molecule has 2 heteroatoms. The van der Waals surface area contributed by atoms with Crippen molar-refractivity contribution in [2.75, 3.05) is 19.6 Å². The van der Waals surface area contributed by atoms with Gasteiger partial charge in [-0.1, -0.05) is 19.3 Å². The molecule has 0 unspecified atom stereocenters. The SMILES string of the molecule is CC1(C)CCCN1CC1(CN)CCCCC1. The molecule has 0 aromatic carbocycles. The van der Waals surface area contributed by atoms with Gasteiger partial charge in [-0.15, -0.1) is 0 Å². The van der Waals surface area contributed by atoms with Gasteiger partial charge in [0.15, 0.2) is 0 Å². The Labute approximate surface area is 101 Å². The zero-order valence-corrected chi connectivity index (χ0v) is 11.1. The molecule has 1 heterocycles. The van der Waals surface area contributed by atoms with Crippen molar-refractivity contribution >= 4 is 0 Å². The van der Waals surface area contributed by atoms with E-state index in [1.165, 1.54) is 58.0 Å². The van der Waals surface area contributed by atoms with Crippen molar-refractivity contribution in [1.29, 1.82) is 0 Å². The fourth-order valence-corrected chi connectivity index (χ4v) is 3.59. The molecule has 0 atom stereocenters. The second-order valence-corrected chi connectivity index (χ2v) is 6.60. The van der Waals surface area contributed by atoms with Crippen LogP contribution in [0.5, 0.6) is 0 Å². The Balaban J connectivity index is 2.00. The quantitative estimate of drug-likeness (QED) is 0.798. The maximum Gasteiger partial charge on any atom is 0.0153 e. The number of nitrogens with two attached hydrogens (primary N) is 1. The van der Waals surface area contributed by atoms with Gasteiger partial charge in [0.25, 0.3) is 0 Å². The van der Waals surface area contributed by atoms with Crippen molar-refractivity contribution < 1.29 is 0 Å². The van der Waals surface area contributed by atoms with Crippen LogP contribution in [0.15, 0.2) is 0 Å². The summed E-state index contributed by atoms with van der Waals surface area (Å²) in [7, 11) is 0. The van der Waals surface area contributed by atoms with Crippen molar-refractivity contribution in [3.63, 3.8) is 0 Å². The van der Waals surface area contributed by atoms with E-state index in [1.807, 2.05) is 0 Å². The molecule has 2 N–H and O–H groups in total. The van der Waals surface area contributed by atoms with Crippen LogP contribution in [0.1, 0.15) is 58.8 Å². The molecule has 1 saturated heterocycles. The summed E-state index contributed by atoms with van der Waals surface area (Å²) < 4.78 is 0. The molecule has 0 bridgehead atoms. The van der Waals surface area contributed by atoms with Gasteiger partial charge in [0.2, 0.25) is 0 Å². The van der Waals surface area contributed by atoms with Crippen LogP contribution in [0.2, 0.25) is 0 Å². The van der Waals surface area contributed by atoms with E-state index >= 15 is 0 Å². The smallest absolute Gasteiger partial charge is 0.0153 e. The lowest BCUT2D eigenvalue weighted by Gasteiger charge is -2.43. The highest BCUT2D eigenvalue weighted by molar-refractivity contribution is 4.94. The van der Waals surface area contributed by atoms with E-state index in [9.17, 15) is 0 Å². The Hall–Kier alpha value is -0.0800. The van der Waals surface area contributed by atoms with Crippen molar-refractivity contribution in [3.8, 4) is 0 Å². The molecule has 0 spiro atoms. The van der Waals surface area contributed by atoms with E-state index < -0.39 is 0 Å². The molecule has 0 aromatic heterocycles. The van der Waals surface area contributed by atoms with Gasteiger partial charge in [0.1, 0.15) is 0 Å². The molecule has 1 aliphatic heterocycles. The van der Waals surface area contributed by atoms with Crippen LogP contribution in [-0.2, 0) is 0 Å². The number of rotatable bonds is 3. The molecular formula is C14H28N2. The summed E-state index contributed by atoms with van der Waals surface area (Å²) in [6, 6.07) is 0. The van der Waals surface area contributed by atoms with Gasteiger partial charge in [0, 0.05) is 12.1 Å². The minimum atomic E-state index is 0.416. The Bertz CT molecular complexity index is 229. The number of hydrogen-bond donors (Lipinski definition) is 1. The second-order valence-electron chi connectivity index (χ2n) is 6.60. The minimum Gasteiger partial charge on any atom is -0.330 e. The molecule has 1 saturated carbocycles. The topological polar surface area (TPSA) is 29.3 Å². The van der Waals surface area contributed by atoms with E-state index in [0.29, 0.717) is 11.0 Å². The van der Waals surface area contributed by atoms with Crippen LogP contribution in [0.3, 0.4) is 0 Å².